The maximum Gasteiger partial charge on any atom is 0.352 e. The monoisotopic (exact) mass is 424 g/mol. The lowest BCUT2D eigenvalue weighted by Crippen LogP contribution is -2.16. The highest BCUT2D eigenvalue weighted by molar-refractivity contribution is 6.35. The van der Waals surface area contributed by atoms with Crippen LogP contribution in [0.4, 0.5) is 21.6 Å². The minimum Gasteiger partial charge on any atom is -0.465 e. The largest absolute Gasteiger partial charge is 0.465 e. The maximum absolute atomic E-state index is 14.4. The fourth-order valence-electron chi connectivity index (χ4n) is 2.58. The van der Waals surface area contributed by atoms with Gasteiger partial charge in [0.15, 0.2) is 11.6 Å². The van der Waals surface area contributed by atoms with Gasteiger partial charge in [0.25, 0.3) is 5.69 Å². The molecule has 0 radical (unpaired) electrons. The number of rotatable bonds is 8. The number of hydrogen-bond acceptors (Lipinski definition) is 8. The number of halogens is 1. The standard InChI is InChI=1S/C21H17FN4O5/c1-30-21(27)18(23)10-13-2-6-16(7-3-13)31-19-8-4-14(11-17(19)22)25-20-9-5-15(12-24-20)26(28)29/h2-9,11-12,23H,10H2,1H3,(H,24,25). The van der Waals surface area contributed by atoms with E-state index in [4.69, 9.17) is 10.1 Å². The molecule has 0 aliphatic heterocycles. The van der Waals surface area contributed by atoms with Gasteiger partial charge in [-0.2, -0.15) is 0 Å². The smallest absolute Gasteiger partial charge is 0.352 e. The highest BCUT2D eigenvalue weighted by atomic mass is 19.1. The van der Waals surface area contributed by atoms with E-state index in [0.29, 0.717) is 22.8 Å². The third kappa shape index (κ3) is 5.60. The Labute approximate surface area is 176 Å². The number of nitro groups is 1. The van der Waals surface area contributed by atoms with Crippen molar-refractivity contribution in [1.29, 1.82) is 5.41 Å². The number of esters is 1. The predicted octanol–water partition coefficient (Wildman–Crippen LogP) is 4.40. The van der Waals surface area contributed by atoms with Crippen molar-refractivity contribution in [2.24, 2.45) is 0 Å². The molecule has 3 rings (SSSR count). The SMILES string of the molecule is COC(=O)C(=N)Cc1ccc(Oc2ccc(Nc3ccc([N+](=O)[O-])cn3)cc2F)cc1. The number of aromatic nitrogens is 1. The Balaban J connectivity index is 1.64. The zero-order valence-electron chi connectivity index (χ0n) is 16.3. The van der Waals surface area contributed by atoms with Gasteiger partial charge >= 0.3 is 5.97 Å². The molecule has 0 atom stereocenters. The predicted molar refractivity (Wildman–Crippen MR) is 111 cm³/mol. The number of methoxy groups -OCH3 is 1. The van der Waals surface area contributed by atoms with E-state index in [1.807, 2.05) is 0 Å². The van der Waals surface area contributed by atoms with E-state index in [1.165, 1.54) is 31.4 Å². The molecule has 1 aromatic heterocycles. The number of pyridine rings is 1. The molecule has 0 saturated heterocycles. The van der Waals surface area contributed by atoms with E-state index in [-0.39, 0.29) is 23.6 Å². The molecule has 0 bridgehead atoms. The lowest BCUT2D eigenvalue weighted by atomic mass is 10.1. The van der Waals surface area contributed by atoms with Crippen LogP contribution in [0, 0.1) is 21.3 Å². The normalized spacial score (nSPS) is 10.3. The molecule has 2 aromatic carbocycles. The van der Waals surface area contributed by atoms with Crippen molar-refractivity contribution in [1.82, 2.24) is 4.98 Å². The molecular weight excluding hydrogens is 407 g/mol. The summed E-state index contributed by atoms with van der Waals surface area (Å²) in [6.07, 6.45) is 1.21. The Kier molecular flexibility index (Phi) is 6.51. The molecule has 158 valence electrons. The number of nitrogens with one attached hydrogen (secondary N) is 2. The Morgan fingerprint density at radius 3 is 2.52 bits per heavy atom. The second-order valence-corrected chi connectivity index (χ2v) is 6.32. The van der Waals surface area contributed by atoms with Crippen LogP contribution in [0.15, 0.2) is 60.8 Å². The van der Waals surface area contributed by atoms with Crippen molar-refractivity contribution in [3.05, 3.63) is 82.3 Å². The minimum atomic E-state index is -0.694. The molecule has 10 heteroatoms. The first-order valence-electron chi connectivity index (χ1n) is 8.95. The van der Waals surface area contributed by atoms with Crippen LogP contribution in [0.2, 0.25) is 0 Å². The summed E-state index contributed by atoms with van der Waals surface area (Å²) in [5, 5.41) is 21.1. The first kappa shape index (κ1) is 21.4. The molecule has 0 saturated carbocycles. The summed E-state index contributed by atoms with van der Waals surface area (Å²) in [7, 11) is 1.21. The molecule has 31 heavy (non-hydrogen) atoms. The lowest BCUT2D eigenvalue weighted by Gasteiger charge is -2.10. The molecule has 9 nitrogen and oxygen atoms in total. The van der Waals surface area contributed by atoms with E-state index >= 15 is 0 Å². The number of ether oxygens (including phenoxy) is 2. The van der Waals surface area contributed by atoms with E-state index in [0.717, 1.165) is 6.20 Å². The molecule has 0 unspecified atom stereocenters. The molecule has 0 amide bonds. The third-order valence-corrected chi connectivity index (χ3v) is 4.13. The van der Waals surface area contributed by atoms with Crippen molar-refractivity contribution in [3.63, 3.8) is 0 Å². The quantitative estimate of drug-likeness (QED) is 0.237. The average Bonchev–Trinajstić information content (AvgIpc) is 2.76. The summed E-state index contributed by atoms with van der Waals surface area (Å²) in [6.45, 7) is 0. The summed E-state index contributed by atoms with van der Waals surface area (Å²) < 4.78 is 24.5. The second-order valence-electron chi connectivity index (χ2n) is 6.32. The van der Waals surface area contributed by atoms with Crippen LogP contribution in [0.5, 0.6) is 11.5 Å². The third-order valence-electron chi connectivity index (χ3n) is 4.13. The first-order chi connectivity index (χ1) is 14.9. The molecule has 0 aliphatic rings. The summed E-state index contributed by atoms with van der Waals surface area (Å²) in [5.74, 6) is -0.613. The number of carbonyl (C=O) groups excluding carboxylic acids is 1. The van der Waals surface area contributed by atoms with Gasteiger partial charge in [0, 0.05) is 24.2 Å². The van der Waals surface area contributed by atoms with Crippen LogP contribution < -0.4 is 10.1 Å². The van der Waals surface area contributed by atoms with Gasteiger partial charge in [0.05, 0.1) is 12.0 Å². The van der Waals surface area contributed by atoms with Gasteiger partial charge in [0.1, 0.15) is 23.5 Å². The van der Waals surface area contributed by atoms with Crippen molar-refractivity contribution >= 4 is 28.9 Å². The van der Waals surface area contributed by atoms with Crippen molar-refractivity contribution < 1.29 is 23.6 Å². The average molecular weight is 424 g/mol. The first-order valence-corrected chi connectivity index (χ1v) is 8.95. The molecular formula is C21H17FN4O5. The van der Waals surface area contributed by atoms with Gasteiger partial charge in [-0.25, -0.2) is 14.2 Å². The lowest BCUT2D eigenvalue weighted by molar-refractivity contribution is -0.385. The fraction of sp³-hybridized carbons (Fsp3) is 0.0952. The molecule has 0 fully saturated rings. The zero-order valence-corrected chi connectivity index (χ0v) is 16.3. The van der Waals surface area contributed by atoms with E-state index in [1.54, 1.807) is 30.3 Å². The van der Waals surface area contributed by atoms with E-state index in [9.17, 15) is 19.3 Å². The molecule has 0 spiro atoms. The van der Waals surface area contributed by atoms with Gasteiger partial charge in [-0.05, 0) is 35.9 Å². The number of nitrogens with zero attached hydrogens (tertiary/aromatic N) is 2. The van der Waals surface area contributed by atoms with Gasteiger partial charge in [-0.15, -0.1) is 0 Å². The van der Waals surface area contributed by atoms with Crippen molar-refractivity contribution in [2.45, 2.75) is 6.42 Å². The van der Waals surface area contributed by atoms with Crippen LogP contribution in [0.25, 0.3) is 0 Å². The van der Waals surface area contributed by atoms with Crippen molar-refractivity contribution in [2.75, 3.05) is 12.4 Å². The Morgan fingerprint density at radius 1 is 1.19 bits per heavy atom. The van der Waals surface area contributed by atoms with Crippen LogP contribution in [0.3, 0.4) is 0 Å². The molecule has 0 aliphatic carbocycles. The van der Waals surface area contributed by atoms with Crippen molar-refractivity contribution in [3.8, 4) is 11.5 Å². The van der Waals surface area contributed by atoms with Gasteiger partial charge < -0.3 is 14.8 Å². The molecule has 1 heterocycles. The van der Waals surface area contributed by atoms with Gasteiger partial charge in [-0.1, -0.05) is 12.1 Å². The van der Waals surface area contributed by atoms with Crippen LogP contribution in [0.1, 0.15) is 5.56 Å². The maximum atomic E-state index is 14.4. The van der Waals surface area contributed by atoms with Gasteiger partial charge in [0.2, 0.25) is 0 Å². The summed E-state index contributed by atoms with van der Waals surface area (Å²) in [6, 6.07) is 13.5. The van der Waals surface area contributed by atoms with E-state index in [2.05, 4.69) is 15.0 Å². The highest BCUT2D eigenvalue weighted by Crippen LogP contribution is 2.28. The van der Waals surface area contributed by atoms with Gasteiger partial charge in [-0.3, -0.25) is 15.5 Å². The zero-order chi connectivity index (χ0) is 22.4. The number of carbonyl (C=O) groups is 1. The Hall–Kier alpha value is -4.34. The number of benzene rings is 2. The van der Waals surface area contributed by atoms with Crippen LogP contribution >= 0.6 is 0 Å². The molecule has 2 N–H and O–H groups in total. The molecule has 3 aromatic rings. The van der Waals surface area contributed by atoms with E-state index < -0.39 is 16.7 Å². The Bertz CT molecular complexity index is 1120. The number of hydrogen-bond donors (Lipinski definition) is 2. The summed E-state index contributed by atoms with van der Waals surface area (Å²) >= 11 is 0. The second kappa shape index (κ2) is 9.44. The summed E-state index contributed by atoms with van der Waals surface area (Å²) in [5.41, 5.74) is 0.780. The topological polar surface area (TPSA) is 127 Å². The highest BCUT2D eigenvalue weighted by Gasteiger charge is 2.11. The van der Waals surface area contributed by atoms with Crippen LogP contribution in [-0.2, 0) is 16.0 Å². The van der Waals surface area contributed by atoms with Crippen LogP contribution in [-0.4, -0.2) is 28.7 Å². The Morgan fingerprint density at radius 2 is 1.94 bits per heavy atom. The minimum absolute atomic E-state index is 0.00253. The fourth-order valence-corrected chi connectivity index (χ4v) is 2.58. The summed E-state index contributed by atoms with van der Waals surface area (Å²) in [4.78, 5) is 25.3. The number of anilines is 2.